The van der Waals surface area contributed by atoms with Gasteiger partial charge in [0.2, 0.25) is 5.95 Å². The van der Waals surface area contributed by atoms with Crippen LogP contribution >= 0.6 is 11.8 Å². The van der Waals surface area contributed by atoms with Crippen molar-refractivity contribution in [2.75, 3.05) is 17.6 Å². The third-order valence-electron chi connectivity index (χ3n) is 4.27. The molecule has 1 aromatic carbocycles. The molecule has 0 aliphatic rings. The van der Waals surface area contributed by atoms with Gasteiger partial charge in [-0.1, -0.05) is 23.8 Å². The van der Waals surface area contributed by atoms with E-state index in [4.69, 9.17) is 0 Å². The first-order chi connectivity index (χ1) is 13.5. The quantitative estimate of drug-likeness (QED) is 0.506. The van der Waals surface area contributed by atoms with E-state index in [1.165, 1.54) is 0 Å². The number of pyridine rings is 1. The Morgan fingerprint density at radius 3 is 2.71 bits per heavy atom. The second kappa shape index (κ2) is 9.41. The number of phenolic OH excluding ortho intramolecular Hbond substituents is 1. The number of aromatic hydroxyl groups is 1. The van der Waals surface area contributed by atoms with Crippen LogP contribution in [0.4, 0.5) is 5.95 Å². The van der Waals surface area contributed by atoms with Crippen molar-refractivity contribution in [1.82, 2.24) is 15.0 Å². The summed E-state index contributed by atoms with van der Waals surface area (Å²) in [4.78, 5) is 23.6. The molecule has 28 heavy (non-hydrogen) atoms. The number of thioether (sulfide) groups is 1. The topological polar surface area (TPSA) is 90.9 Å². The first-order valence-corrected chi connectivity index (χ1v) is 10.3. The maximum Gasteiger partial charge on any atom is 0.255 e. The predicted octanol–water partition coefficient (Wildman–Crippen LogP) is 3.42. The van der Waals surface area contributed by atoms with Gasteiger partial charge in [0.15, 0.2) is 0 Å². The Balaban J connectivity index is 1.47. The zero-order valence-corrected chi connectivity index (χ0v) is 16.8. The SMILES string of the molecule is Cc1ccc(O)c(CSCCNc2ncc(Cc3ccc(C)nc3)c(=O)[nH]2)c1. The lowest BCUT2D eigenvalue weighted by molar-refractivity contribution is 0.470. The maximum atomic E-state index is 12.3. The van der Waals surface area contributed by atoms with Crippen molar-refractivity contribution in [3.8, 4) is 5.75 Å². The van der Waals surface area contributed by atoms with Crippen LogP contribution in [0, 0.1) is 13.8 Å². The number of anilines is 1. The number of rotatable bonds is 8. The summed E-state index contributed by atoms with van der Waals surface area (Å²) in [5, 5.41) is 13.0. The molecule has 146 valence electrons. The molecule has 0 fully saturated rings. The molecule has 0 amide bonds. The molecule has 2 heterocycles. The van der Waals surface area contributed by atoms with Crippen LogP contribution in [0.2, 0.25) is 0 Å². The number of benzene rings is 1. The lowest BCUT2D eigenvalue weighted by Gasteiger charge is -2.08. The van der Waals surface area contributed by atoms with Crippen LogP contribution in [-0.4, -0.2) is 32.4 Å². The highest BCUT2D eigenvalue weighted by atomic mass is 32.2. The van der Waals surface area contributed by atoms with E-state index in [1.807, 2.05) is 38.1 Å². The molecule has 3 N–H and O–H groups in total. The molecule has 3 rings (SSSR count). The van der Waals surface area contributed by atoms with Gasteiger partial charge in [-0.15, -0.1) is 0 Å². The van der Waals surface area contributed by atoms with Gasteiger partial charge in [-0.3, -0.25) is 14.8 Å². The number of phenols is 1. The Kier molecular flexibility index (Phi) is 6.71. The van der Waals surface area contributed by atoms with Gasteiger partial charge in [-0.05, 0) is 31.5 Å². The fourth-order valence-electron chi connectivity index (χ4n) is 2.71. The maximum absolute atomic E-state index is 12.3. The first-order valence-electron chi connectivity index (χ1n) is 9.11. The van der Waals surface area contributed by atoms with Gasteiger partial charge in [-0.2, -0.15) is 11.8 Å². The average molecular weight is 397 g/mol. The Labute approximate surface area is 168 Å². The normalized spacial score (nSPS) is 10.8. The van der Waals surface area contributed by atoms with Crippen LogP contribution < -0.4 is 10.9 Å². The number of aromatic nitrogens is 3. The van der Waals surface area contributed by atoms with E-state index < -0.39 is 0 Å². The van der Waals surface area contributed by atoms with Crippen molar-refractivity contribution < 1.29 is 5.11 Å². The van der Waals surface area contributed by atoms with Crippen LogP contribution in [0.15, 0.2) is 47.5 Å². The highest BCUT2D eigenvalue weighted by molar-refractivity contribution is 7.98. The minimum atomic E-state index is -0.143. The van der Waals surface area contributed by atoms with E-state index in [1.54, 1.807) is 30.2 Å². The van der Waals surface area contributed by atoms with E-state index in [0.29, 0.717) is 30.2 Å². The Morgan fingerprint density at radius 1 is 1.11 bits per heavy atom. The molecule has 0 spiro atoms. The molecule has 0 aliphatic carbocycles. The van der Waals surface area contributed by atoms with Crippen LogP contribution in [0.3, 0.4) is 0 Å². The largest absolute Gasteiger partial charge is 0.508 e. The van der Waals surface area contributed by atoms with Gasteiger partial charge < -0.3 is 10.4 Å². The van der Waals surface area contributed by atoms with Gasteiger partial charge in [0.05, 0.1) is 0 Å². The number of nitrogens with zero attached hydrogens (tertiary/aromatic N) is 2. The van der Waals surface area contributed by atoms with Crippen molar-refractivity contribution in [2.45, 2.75) is 26.0 Å². The van der Waals surface area contributed by atoms with Gasteiger partial charge in [0.1, 0.15) is 5.75 Å². The van der Waals surface area contributed by atoms with Gasteiger partial charge in [-0.25, -0.2) is 4.98 Å². The summed E-state index contributed by atoms with van der Waals surface area (Å²) < 4.78 is 0. The van der Waals surface area contributed by atoms with Crippen LogP contribution in [0.5, 0.6) is 5.75 Å². The van der Waals surface area contributed by atoms with Crippen molar-refractivity contribution in [3.05, 3.63) is 81.0 Å². The molecule has 0 radical (unpaired) electrons. The summed E-state index contributed by atoms with van der Waals surface area (Å²) in [5.41, 5.74) is 4.47. The summed E-state index contributed by atoms with van der Waals surface area (Å²) in [6.45, 7) is 4.61. The monoisotopic (exact) mass is 396 g/mol. The summed E-state index contributed by atoms with van der Waals surface area (Å²) in [7, 11) is 0. The molecule has 0 atom stereocenters. The standard InChI is InChI=1S/C21H24N4O2S/c1-14-3-6-19(26)18(9-14)13-28-8-7-22-21-24-12-17(20(27)25-21)10-16-5-4-15(2)23-11-16/h3-6,9,11-12,26H,7-8,10,13H2,1-2H3,(H2,22,24,25,27). The van der Waals surface area contributed by atoms with E-state index in [9.17, 15) is 9.90 Å². The second-order valence-corrected chi connectivity index (χ2v) is 7.79. The third-order valence-corrected chi connectivity index (χ3v) is 5.28. The van der Waals surface area contributed by atoms with E-state index >= 15 is 0 Å². The number of nitrogens with one attached hydrogen (secondary N) is 2. The summed E-state index contributed by atoms with van der Waals surface area (Å²) in [5.74, 6) is 2.36. The Morgan fingerprint density at radius 2 is 1.96 bits per heavy atom. The highest BCUT2D eigenvalue weighted by Crippen LogP contribution is 2.23. The number of H-pyrrole nitrogens is 1. The zero-order valence-electron chi connectivity index (χ0n) is 16.0. The van der Waals surface area contributed by atoms with E-state index in [0.717, 1.165) is 33.9 Å². The number of aryl methyl sites for hydroxylation is 2. The molecular formula is C21H24N4O2S. The van der Waals surface area contributed by atoms with Crippen molar-refractivity contribution in [2.24, 2.45) is 0 Å². The smallest absolute Gasteiger partial charge is 0.255 e. The molecule has 2 aromatic heterocycles. The molecule has 0 saturated carbocycles. The molecule has 7 heteroatoms. The van der Waals surface area contributed by atoms with E-state index in [-0.39, 0.29) is 5.56 Å². The van der Waals surface area contributed by atoms with Crippen molar-refractivity contribution in [3.63, 3.8) is 0 Å². The molecule has 0 bridgehead atoms. The second-order valence-electron chi connectivity index (χ2n) is 6.68. The van der Waals surface area contributed by atoms with Crippen molar-refractivity contribution in [1.29, 1.82) is 0 Å². The summed E-state index contributed by atoms with van der Waals surface area (Å²) in [6, 6.07) is 9.52. The van der Waals surface area contributed by atoms with Gasteiger partial charge >= 0.3 is 0 Å². The molecule has 3 aromatic rings. The predicted molar refractivity (Wildman–Crippen MR) is 114 cm³/mol. The lowest BCUT2D eigenvalue weighted by Crippen LogP contribution is -2.18. The molecule has 6 nitrogen and oxygen atoms in total. The molecule has 0 saturated heterocycles. The summed E-state index contributed by atoms with van der Waals surface area (Å²) in [6.07, 6.45) is 3.90. The van der Waals surface area contributed by atoms with Gasteiger partial charge in [0.25, 0.3) is 5.56 Å². The Bertz CT molecular complexity index is 986. The van der Waals surface area contributed by atoms with Crippen molar-refractivity contribution >= 4 is 17.7 Å². The molecule has 0 unspecified atom stereocenters. The third kappa shape index (κ3) is 5.60. The Hall–Kier alpha value is -2.80. The minimum Gasteiger partial charge on any atom is -0.508 e. The number of hydrogen-bond donors (Lipinski definition) is 3. The van der Waals surface area contributed by atoms with E-state index in [2.05, 4.69) is 20.3 Å². The van der Waals surface area contributed by atoms with Gasteiger partial charge in [0, 0.05) is 53.7 Å². The first kappa shape index (κ1) is 19.9. The minimum absolute atomic E-state index is 0.143. The fraction of sp³-hybridized carbons (Fsp3) is 0.286. The molecular weight excluding hydrogens is 372 g/mol. The van der Waals surface area contributed by atoms with Crippen LogP contribution in [-0.2, 0) is 12.2 Å². The van der Waals surface area contributed by atoms with Crippen LogP contribution in [0.1, 0.15) is 27.9 Å². The number of aromatic amines is 1. The molecule has 0 aliphatic heterocycles. The highest BCUT2D eigenvalue weighted by Gasteiger charge is 2.05. The average Bonchev–Trinajstić information content (AvgIpc) is 2.68. The fourth-order valence-corrected chi connectivity index (χ4v) is 3.56. The lowest BCUT2D eigenvalue weighted by atomic mass is 10.1. The van der Waals surface area contributed by atoms with Crippen LogP contribution in [0.25, 0.3) is 0 Å². The summed E-state index contributed by atoms with van der Waals surface area (Å²) >= 11 is 1.71. The zero-order chi connectivity index (χ0) is 19.9. The number of hydrogen-bond acceptors (Lipinski definition) is 6.